The SMILES string of the molecule is CN(C(=O)CCCC(=O)O)c1cc[c]([Ge])cc1. The van der Waals surface area contributed by atoms with Crippen LogP contribution < -0.4 is 9.30 Å². The maximum atomic E-state index is 11.7. The molecule has 0 bridgehead atoms. The van der Waals surface area contributed by atoms with Gasteiger partial charge < -0.3 is 0 Å². The summed E-state index contributed by atoms with van der Waals surface area (Å²) in [5, 5.41) is 8.49. The first kappa shape index (κ1) is 13.8. The predicted octanol–water partition coefficient (Wildman–Crippen LogP) is 0.698. The van der Waals surface area contributed by atoms with Gasteiger partial charge in [-0.05, 0) is 0 Å². The zero-order valence-electron chi connectivity index (χ0n) is 9.64. The quantitative estimate of drug-likeness (QED) is 0.813. The summed E-state index contributed by atoms with van der Waals surface area (Å²) >= 11 is 1.98. The second-order valence-corrected chi connectivity index (χ2v) is 4.96. The number of hydrogen-bond acceptors (Lipinski definition) is 2. The Morgan fingerprint density at radius 1 is 1.24 bits per heavy atom. The van der Waals surface area contributed by atoms with Crippen LogP contribution in [-0.4, -0.2) is 40.5 Å². The molecule has 4 nitrogen and oxygen atoms in total. The second-order valence-electron chi connectivity index (χ2n) is 3.75. The number of amides is 1. The third-order valence-electron chi connectivity index (χ3n) is 2.41. The van der Waals surface area contributed by atoms with E-state index in [1.54, 1.807) is 11.9 Å². The number of anilines is 1. The van der Waals surface area contributed by atoms with Gasteiger partial charge in [-0.3, -0.25) is 0 Å². The Morgan fingerprint density at radius 3 is 2.35 bits per heavy atom. The molecular weight excluding hydrogens is 279 g/mol. The van der Waals surface area contributed by atoms with Gasteiger partial charge >= 0.3 is 109 Å². The van der Waals surface area contributed by atoms with E-state index >= 15 is 0 Å². The number of hydrogen-bond donors (Lipinski definition) is 1. The van der Waals surface area contributed by atoms with Crippen molar-refractivity contribution < 1.29 is 14.7 Å². The van der Waals surface area contributed by atoms with Gasteiger partial charge in [0.2, 0.25) is 0 Å². The molecule has 1 aromatic rings. The van der Waals surface area contributed by atoms with Crippen LogP contribution in [0.15, 0.2) is 24.3 Å². The Kier molecular flexibility index (Phi) is 5.22. The van der Waals surface area contributed by atoms with E-state index in [-0.39, 0.29) is 18.7 Å². The molecule has 1 N–H and O–H groups in total. The monoisotopic (exact) mass is 294 g/mol. The molecule has 1 aromatic carbocycles. The van der Waals surface area contributed by atoms with E-state index in [1.165, 1.54) is 0 Å². The van der Waals surface area contributed by atoms with E-state index < -0.39 is 5.97 Å². The van der Waals surface area contributed by atoms with Gasteiger partial charge in [-0.15, -0.1) is 0 Å². The number of rotatable bonds is 5. The molecule has 17 heavy (non-hydrogen) atoms. The molecular formula is C12H14GeNO3. The number of nitrogens with zero attached hydrogens (tertiary/aromatic N) is 1. The van der Waals surface area contributed by atoms with E-state index in [2.05, 4.69) is 0 Å². The Morgan fingerprint density at radius 2 is 1.82 bits per heavy atom. The van der Waals surface area contributed by atoms with Gasteiger partial charge in [-0.25, -0.2) is 0 Å². The van der Waals surface area contributed by atoms with Gasteiger partial charge in [-0.2, -0.15) is 0 Å². The van der Waals surface area contributed by atoms with Crippen molar-refractivity contribution in [2.75, 3.05) is 11.9 Å². The first-order chi connectivity index (χ1) is 8.00. The summed E-state index contributed by atoms with van der Waals surface area (Å²) in [7, 11) is 1.70. The van der Waals surface area contributed by atoms with Gasteiger partial charge in [0.1, 0.15) is 0 Å². The number of benzene rings is 1. The van der Waals surface area contributed by atoms with Crippen LogP contribution in [0.3, 0.4) is 0 Å². The van der Waals surface area contributed by atoms with E-state index in [1.807, 2.05) is 40.8 Å². The number of carbonyl (C=O) groups excluding carboxylic acids is 1. The maximum absolute atomic E-state index is 11.7. The molecule has 89 valence electrons. The van der Waals surface area contributed by atoms with Crippen LogP contribution in [0.5, 0.6) is 0 Å². The predicted molar refractivity (Wildman–Crippen MR) is 66.7 cm³/mol. The average molecular weight is 293 g/mol. The normalized spacial score (nSPS) is 10.0. The molecule has 0 saturated heterocycles. The summed E-state index contributed by atoms with van der Waals surface area (Å²) in [4.78, 5) is 23.6. The summed E-state index contributed by atoms with van der Waals surface area (Å²) in [5.41, 5.74) is 0.830. The van der Waals surface area contributed by atoms with Crippen LogP contribution in [0.2, 0.25) is 0 Å². The fourth-order valence-corrected chi connectivity index (χ4v) is 1.74. The van der Waals surface area contributed by atoms with E-state index in [9.17, 15) is 9.59 Å². The Balaban J connectivity index is 2.51. The first-order valence-corrected chi connectivity index (χ1v) is 6.35. The third-order valence-corrected chi connectivity index (χ3v) is 3.11. The van der Waals surface area contributed by atoms with Crippen molar-refractivity contribution in [2.24, 2.45) is 0 Å². The van der Waals surface area contributed by atoms with Crippen molar-refractivity contribution >= 4 is 38.5 Å². The fourth-order valence-electron chi connectivity index (χ4n) is 1.39. The zero-order chi connectivity index (χ0) is 12.8. The third kappa shape index (κ3) is 4.60. The molecule has 5 heteroatoms. The molecule has 3 radical (unpaired) electrons. The minimum atomic E-state index is -0.865. The summed E-state index contributed by atoms with van der Waals surface area (Å²) in [6.07, 6.45) is 0.675. The molecule has 0 unspecified atom stereocenters. The van der Waals surface area contributed by atoms with Crippen LogP contribution in [0.1, 0.15) is 19.3 Å². The Bertz CT molecular complexity index is 403. The molecule has 1 rings (SSSR count). The summed E-state index contributed by atoms with van der Waals surface area (Å²) in [6.45, 7) is 0. The number of aliphatic carboxylic acids is 1. The van der Waals surface area contributed by atoms with Crippen LogP contribution in [0.25, 0.3) is 0 Å². The molecule has 0 spiro atoms. The average Bonchev–Trinajstić information content (AvgIpc) is 2.28. The van der Waals surface area contributed by atoms with Crippen molar-refractivity contribution in [3.05, 3.63) is 24.3 Å². The topological polar surface area (TPSA) is 57.6 Å². The van der Waals surface area contributed by atoms with Crippen molar-refractivity contribution in [2.45, 2.75) is 19.3 Å². The Labute approximate surface area is 109 Å². The standard InChI is InChI=1S/C12H14GeNO3/c1-14(10-7-5-9(13)6-8-10)11(15)3-2-4-12(16)17/h5-8H,2-4H2,1H3,(H,16,17). The Hall–Kier alpha value is -1.30. The number of carbonyl (C=O) groups is 2. The van der Waals surface area contributed by atoms with Crippen molar-refractivity contribution in [3.63, 3.8) is 0 Å². The van der Waals surface area contributed by atoms with Gasteiger partial charge in [0, 0.05) is 0 Å². The number of carboxylic acid groups (broad SMARTS) is 1. The molecule has 0 aliphatic heterocycles. The summed E-state index contributed by atoms with van der Waals surface area (Å²) in [6, 6.07) is 7.64. The van der Waals surface area contributed by atoms with Crippen LogP contribution in [0.4, 0.5) is 5.69 Å². The molecule has 0 atom stereocenters. The summed E-state index contributed by atoms with van der Waals surface area (Å²) in [5.74, 6) is -0.925. The van der Waals surface area contributed by atoms with Gasteiger partial charge in [-0.1, -0.05) is 0 Å². The van der Waals surface area contributed by atoms with Crippen LogP contribution >= 0.6 is 0 Å². The first-order valence-electron chi connectivity index (χ1n) is 5.30. The molecule has 0 heterocycles. The second kappa shape index (κ2) is 6.44. The van der Waals surface area contributed by atoms with E-state index in [0.717, 1.165) is 10.1 Å². The zero-order valence-corrected chi connectivity index (χ0v) is 11.7. The molecule has 1 amide bonds. The van der Waals surface area contributed by atoms with E-state index in [4.69, 9.17) is 5.11 Å². The molecule has 0 aliphatic rings. The van der Waals surface area contributed by atoms with Crippen molar-refractivity contribution in [1.82, 2.24) is 0 Å². The van der Waals surface area contributed by atoms with Crippen molar-refractivity contribution in [3.8, 4) is 0 Å². The molecule has 0 saturated carbocycles. The molecule has 0 fully saturated rings. The summed E-state index contributed by atoms with van der Waals surface area (Å²) < 4.78 is 1.14. The molecule has 0 aromatic heterocycles. The van der Waals surface area contributed by atoms with Crippen molar-refractivity contribution in [1.29, 1.82) is 0 Å². The van der Waals surface area contributed by atoms with Gasteiger partial charge in [0.25, 0.3) is 0 Å². The van der Waals surface area contributed by atoms with Gasteiger partial charge in [0.15, 0.2) is 0 Å². The van der Waals surface area contributed by atoms with Gasteiger partial charge in [0.05, 0.1) is 0 Å². The van der Waals surface area contributed by atoms with E-state index in [0.29, 0.717) is 6.42 Å². The minimum absolute atomic E-state index is 0.0352. The number of carboxylic acids is 1. The fraction of sp³-hybridized carbons (Fsp3) is 0.333. The molecule has 0 aliphatic carbocycles. The van der Waals surface area contributed by atoms with Crippen LogP contribution in [0, 0.1) is 0 Å². The van der Waals surface area contributed by atoms with Crippen LogP contribution in [-0.2, 0) is 9.59 Å².